The number of nitrogens with zero attached hydrogens (tertiary/aromatic N) is 3. The molecule has 0 aliphatic rings. The summed E-state index contributed by atoms with van der Waals surface area (Å²) in [5.74, 6) is 1.76. The van der Waals surface area contributed by atoms with Crippen molar-refractivity contribution in [3.05, 3.63) is 53.3 Å². The zero-order chi connectivity index (χ0) is 17.4. The number of aromatic nitrogens is 1. The second-order valence-electron chi connectivity index (χ2n) is 5.61. The second-order valence-corrected chi connectivity index (χ2v) is 6.04. The van der Waals surface area contributed by atoms with Gasteiger partial charge in [-0.3, -0.25) is 4.99 Å². The van der Waals surface area contributed by atoms with Crippen LogP contribution in [0.3, 0.4) is 0 Å². The topological polar surface area (TPSA) is 41.8 Å². The highest BCUT2D eigenvalue weighted by molar-refractivity contribution is 6.30. The largest absolute Gasteiger partial charge is 0.494 e. The first-order valence-corrected chi connectivity index (χ1v) is 8.38. The molecule has 0 fully saturated rings. The summed E-state index contributed by atoms with van der Waals surface area (Å²) in [6.07, 6.45) is 2.81. The molecule has 0 radical (unpaired) electrons. The van der Waals surface area contributed by atoms with Gasteiger partial charge in [0.2, 0.25) is 0 Å². The third-order valence-corrected chi connectivity index (χ3v) is 3.87. The van der Waals surface area contributed by atoms with E-state index >= 15 is 0 Å². The van der Waals surface area contributed by atoms with Gasteiger partial charge < -0.3 is 19.5 Å². The highest BCUT2D eigenvalue weighted by Gasteiger charge is 2.09. The average molecular weight is 349 g/mol. The van der Waals surface area contributed by atoms with Crippen LogP contribution in [-0.4, -0.2) is 42.7 Å². The molecule has 0 unspecified atom stereocenters. The Hall–Kier alpha value is -2.14. The number of rotatable bonds is 7. The normalized spacial score (nSPS) is 11.4. The SMILES string of the molecule is CN=C(NCCCOc1ccccc1)N(C)Cc1cc(Cl)cn1C. The zero-order valence-corrected chi connectivity index (χ0v) is 15.3. The molecule has 0 atom stereocenters. The van der Waals surface area contributed by atoms with E-state index in [1.807, 2.05) is 61.3 Å². The van der Waals surface area contributed by atoms with Gasteiger partial charge in [0.1, 0.15) is 5.75 Å². The molecule has 1 aromatic carbocycles. The fourth-order valence-electron chi connectivity index (χ4n) is 2.41. The minimum Gasteiger partial charge on any atom is -0.494 e. The molecule has 5 nitrogen and oxygen atoms in total. The molecular formula is C18H25ClN4O. The van der Waals surface area contributed by atoms with Gasteiger partial charge in [-0.25, -0.2) is 0 Å². The van der Waals surface area contributed by atoms with Crippen LogP contribution in [0.25, 0.3) is 0 Å². The van der Waals surface area contributed by atoms with Crippen LogP contribution in [0.2, 0.25) is 5.02 Å². The van der Waals surface area contributed by atoms with E-state index in [9.17, 15) is 0 Å². The Morgan fingerprint density at radius 1 is 1.33 bits per heavy atom. The van der Waals surface area contributed by atoms with Crippen molar-refractivity contribution >= 4 is 17.6 Å². The summed E-state index contributed by atoms with van der Waals surface area (Å²) in [4.78, 5) is 6.40. The maximum atomic E-state index is 6.03. The molecule has 0 aliphatic heterocycles. The quantitative estimate of drug-likeness (QED) is 0.475. The summed E-state index contributed by atoms with van der Waals surface area (Å²) < 4.78 is 7.71. The number of guanidine groups is 1. The molecular weight excluding hydrogens is 324 g/mol. The first kappa shape index (κ1) is 18.2. The fourth-order valence-corrected chi connectivity index (χ4v) is 2.68. The minimum atomic E-state index is 0.672. The van der Waals surface area contributed by atoms with Gasteiger partial charge in [0.15, 0.2) is 5.96 Å². The summed E-state index contributed by atoms with van der Waals surface area (Å²) in [6.45, 7) is 2.21. The predicted octanol–water partition coefficient (Wildman–Crippen LogP) is 3.15. The van der Waals surface area contributed by atoms with Crippen LogP contribution in [0.5, 0.6) is 5.75 Å². The molecule has 0 bridgehead atoms. The first-order chi connectivity index (χ1) is 11.6. The third-order valence-electron chi connectivity index (χ3n) is 3.66. The van der Waals surface area contributed by atoms with Crippen molar-refractivity contribution in [2.24, 2.45) is 12.0 Å². The lowest BCUT2D eigenvalue weighted by Crippen LogP contribution is -2.39. The maximum Gasteiger partial charge on any atom is 0.193 e. The van der Waals surface area contributed by atoms with Crippen LogP contribution >= 0.6 is 11.6 Å². The number of benzene rings is 1. The third kappa shape index (κ3) is 5.49. The predicted molar refractivity (Wildman–Crippen MR) is 99.8 cm³/mol. The molecule has 6 heteroatoms. The Labute approximate surface area is 148 Å². The number of hydrogen-bond donors (Lipinski definition) is 1. The fraction of sp³-hybridized carbons (Fsp3) is 0.389. The molecule has 2 aromatic rings. The average Bonchev–Trinajstić information content (AvgIpc) is 2.89. The number of aryl methyl sites for hydroxylation is 1. The van der Waals surface area contributed by atoms with Crippen molar-refractivity contribution in [1.82, 2.24) is 14.8 Å². The second kappa shape index (κ2) is 9.23. The molecule has 130 valence electrons. The smallest absolute Gasteiger partial charge is 0.193 e. The van der Waals surface area contributed by atoms with Crippen LogP contribution < -0.4 is 10.1 Å². The van der Waals surface area contributed by atoms with E-state index in [1.54, 1.807) is 7.05 Å². The molecule has 0 saturated heterocycles. The van der Waals surface area contributed by atoms with Gasteiger partial charge in [-0.2, -0.15) is 0 Å². The number of nitrogens with one attached hydrogen (secondary N) is 1. The summed E-state index contributed by atoms with van der Waals surface area (Å²) in [6, 6.07) is 11.8. The Morgan fingerprint density at radius 3 is 2.71 bits per heavy atom. The van der Waals surface area contributed by atoms with Crippen molar-refractivity contribution in [3.63, 3.8) is 0 Å². The lowest BCUT2D eigenvalue weighted by Gasteiger charge is -2.22. The van der Waals surface area contributed by atoms with Crippen molar-refractivity contribution in [2.75, 3.05) is 27.2 Å². The van der Waals surface area contributed by atoms with Gasteiger partial charge in [0, 0.05) is 39.6 Å². The molecule has 1 aromatic heterocycles. The molecule has 0 aliphatic carbocycles. The lowest BCUT2D eigenvalue weighted by molar-refractivity contribution is 0.310. The van der Waals surface area contributed by atoms with E-state index in [0.717, 1.165) is 41.9 Å². The van der Waals surface area contributed by atoms with Crippen molar-refractivity contribution in [2.45, 2.75) is 13.0 Å². The Balaban J connectivity index is 1.72. The van der Waals surface area contributed by atoms with Gasteiger partial charge in [0.25, 0.3) is 0 Å². The summed E-state index contributed by atoms with van der Waals surface area (Å²) in [5, 5.41) is 4.11. The van der Waals surface area contributed by atoms with Gasteiger partial charge in [-0.1, -0.05) is 29.8 Å². The summed E-state index contributed by atoms with van der Waals surface area (Å²) in [5.41, 5.74) is 1.14. The van der Waals surface area contributed by atoms with Crippen molar-refractivity contribution in [3.8, 4) is 5.75 Å². The number of para-hydroxylation sites is 1. The van der Waals surface area contributed by atoms with Gasteiger partial charge in [0.05, 0.1) is 18.2 Å². The van der Waals surface area contributed by atoms with Crippen LogP contribution in [0.15, 0.2) is 47.6 Å². The molecule has 24 heavy (non-hydrogen) atoms. The number of halogens is 1. The van der Waals surface area contributed by atoms with E-state index in [-0.39, 0.29) is 0 Å². The monoisotopic (exact) mass is 348 g/mol. The Bertz CT molecular complexity index is 654. The number of ether oxygens (including phenoxy) is 1. The maximum absolute atomic E-state index is 6.03. The van der Waals surface area contributed by atoms with Gasteiger partial charge in [-0.05, 0) is 24.6 Å². The van der Waals surface area contributed by atoms with Gasteiger partial charge >= 0.3 is 0 Å². The van der Waals surface area contributed by atoms with Crippen LogP contribution in [0.1, 0.15) is 12.1 Å². The van der Waals surface area contributed by atoms with E-state index < -0.39 is 0 Å². The van der Waals surface area contributed by atoms with Gasteiger partial charge in [-0.15, -0.1) is 0 Å². The van der Waals surface area contributed by atoms with E-state index in [4.69, 9.17) is 16.3 Å². The highest BCUT2D eigenvalue weighted by atomic mass is 35.5. The van der Waals surface area contributed by atoms with Crippen LogP contribution in [-0.2, 0) is 13.6 Å². The Kier molecular flexibility index (Phi) is 7.00. The first-order valence-electron chi connectivity index (χ1n) is 8.00. The lowest BCUT2D eigenvalue weighted by atomic mass is 10.3. The van der Waals surface area contributed by atoms with E-state index in [1.165, 1.54) is 0 Å². The Morgan fingerprint density at radius 2 is 2.08 bits per heavy atom. The minimum absolute atomic E-state index is 0.672. The molecule has 0 amide bonds. The van der Waals surface area contributed by atoms with E-state index in [2.05, 4.69) is 15.2 Å². The zero-order valence-electron chi connectivity index (χ0n) is 14.5. The van der Waals surface area contributed by atoms with Crippen LogP contribution in [0.4, 0.5) is 0 Å². The summed E-state index contributed by atoms with van der Waals surface area (Å²) in [7, 11) is 5.79. The molecule has 1 N–H and O–H groups in total. The highest BCUT2D eigenvalue weighted by Crippen LogP contribution is 2.14. The molecule has 0 saturated carbocycles. The number of aliphatic imine (C=N–C) groups is 1. The standard InChI is InChI=1S/C18H25ClN4O/c1-20-18(23(3)14-16-12-15(19)13-22(16)2)21-10-7-11-24-17-8-5-4-6-9-17/h4-6,8-9,12-13H,7,10-11,14H2,1-3H3,(H,20,21). The van der Waals surface area contributed by atoms with Crippen molar-refractivity contribution in [1.29, 1.82) is 0 Å². The molecule has 0 spiro atoms. The summed E-state index contributed by atoms with van der Waals surface area (Å²) >= 11 is 6.03. The van der Waals surface area contributed by atoms with Crippen LogP contribution in [0, 0.1) is 0 Å². The molecule has 2 rings (SSSR count). The van der Waals surface area contributed by atoms with Crippen molar-refractivity contribution < 1.29 is 4.74 Å². The number of hydrogen-bond acceptors (Lipinski definition) is 2. The van der Waals surface area contributed by atoms with E-state index in [0.29, 0.717) is 6.61 Å². The molecule has 1 heterocycles.